The molecule has 0 fully saturated rings. The smallest absolute Gasteiger partial charge is 0.146 e. The summed E-state index contributed by atoms with van der Waals surface area (Å²) >= 11 is 0. The van der Waals surface area contributed by atoms with Gasteiger partial charge in [-0.3, -0.25) is 4.98 Å². The molecule has 0 bridgehead atoms. The van der Waals surface area contributed by atoms with Crippen molar-refractivity contribution in [3.63, 3.8) is 0 Å². The lowest BCUT2D eigenvalue weighted by Gasteiger charge is -2.11. The van der Waals surface area contributed by atoms with Gasteiger partial charge >= 0.3 is 0 Å². The zero-order valence-electron chi connectivity index (χ0n) is 8.33. The first-order valence-electron chi connectivity index (χ1n) is 4.61. The van der Waals surface area contributed by atoms with Gasteiger partial charge in [-0.25, -0.2) is 4.39 Å². The maximum absolute atomic E-state index is 13.2. The number of nitrogens with two attached hydrogens (primary N) is 1. The third-order valence-corrected chi connectivity index (χ3v) is 2.02. The fraction of sp³-hybridized carbons (Fsp3) is 0.364. The van der Waals surface area contributed by atoms with Crippen LogP contribution >= 0.6 is 0 Å². The Balaban J connectivity index is 2.65. The van der Waals surface area contributed by atoms with Gasteiger partial charge in [0.15, 0.2) is 0 Å². The van der Waals surface area contributed by atoms with Crippen molar-refractivity contribution in [1.29, 1.82) is 0 Å². The van der Waals surface area contributed by atoms with Crippen LogP contribution in [0.25, 0.3) is 0 Å². The molecule has 0 amide bonds. The van der Waals surface area contributed by atoms with E-state index < -0.39 is 0 Å². The second-order valence-corrected chi connectivity index (χ2v) is 3.47. The number of allylic oxidation sites excluding steroid dienone is 1. The van der Waals surface area contributed by atoms with Crippen LogP contribution in [0.2, 0.25) is 0 Å². The third-order valence-electron chi connectivity index (χ3n) is 2.02. The second kappa shape index (κ2) is 4.86. The Bertz CT molecular complexity index is 323. The number of nitrogens with zero attached hydrogens (tertiary/aromatic N) is 1. The van der Waals surface area contributed by atoms with Crippen LogP contribution in [0.3, 0.4) is 0 Å². The Morgan fingerprint density at radius 3 is 3.00 bits per heavy atom. The number of aromatic nitrogens is 1. The van der Waals surface area contributed by atoms with Crippen molar-refractivity contribution >= 4 is 0 Å². The van der Waals surface area contributed by atoms with Crippen LogP contribution in [0.1, 0.15) is 31.5 Å². The van der Waals surface area contributed by atoms with Gasteiger partial charge in [0.25, 0.3) is 0 Å². The minimum absolute atomic E-state index is 0.332. The molecule has 0 aromatic carbocycles. The average molecular weight is 194 g/mol. The summed E-state index contributed by atoms with van der Waals surface area (Å²) in [5.41, 5.74) is 7.19. The summed E-state index contributed by atoms with van der Waals surface area (Å²) < 4.78 is 13.2. The quantitative estimate of drug-likeness (QED) is 0.748. The summed E-state index contributed by atoms with van der Waals surface area (Å²) in [4.78, 5) is 3.93. The SMILES string of the molecule is C=C(C)CCC(N)c1ncccc1F. The summed E-state index contributed by atoms with van der Waals surface area (Å²) in [6.07, 6.45) is 3.04. The first-order chi connectivity index (χ1) is 6.61. The van der Waals surface area contributed by atoms with Gasteiger partial charge in [0.05, 0.1) is 11.7 Å². The number of hydrogen-bond donors (Lipinski definition) is 1. The van der Waals surface area contributed by atoms with E-state index in [1.54, 1.807) is 12.3 Å². The van der Waals surface area contributed by atoms with E-state index in [0.29, 0.717) is 12.1 Å². The van der Waals surface area contributed by atoms with Gasteiger partial charge in [0.1, 0.15) is 5.82 Å². The molecule has 0 aliphatic carbocycles. The molecule has 1 unspecified atom stereocenters. The van der Waals surface area contributed by atoms with Gasteiger partial charge in [0.2, 0.25) is 0 Å². The van der Waals surface area contributed by atoms with Crippen molar-refractivity contribution < 1.29 is 4.39 Å². The van der Waals surface area contributed by atoms with Gasteiger partial charge in [-0.05, 0) is 31.9 Å². The van der Waals surface area contributed by atoms with E-state index in [-0.39, 0.29) is 11.9 Å². The van der Waals surface area contributed by atoms with Gasteiger partial charge in [0, 0.05) is 6.20 Å². The fourth-order valence-corrected chi connectivity index (χ4v) is 1.21. The number of hydrogen-bond acceptors (Lipinski definition) is 2. The first kappa shape index (κ1) is 10.9. The van der Waals surface area contributed by atoms with Crippen LogP contribution in [0.15, 0.2) is 30.5 Å². The largest absolute Gasteiger partial charge is 0.323 e. The van der Waals surface area contributed by atoms with Crippen LogP contribution in [0.4, 0.5) is 4.39 Å². The third kappa shape index (κ3) is 2.92. The molecular formula is C11H15FN2. The fourth-order valence-electron chi connectivity index (χ4n) is 1.21. The Morgan fingerprint density at radius 1 is 1.71 bits per heavy atom. The highest BCUT2D eigenvalue weighted by atomic mass is 19.1. The molecule has 0 saturated carbocycles. The van der Waals surface area contributed by atoms with E-state index in [4.69, 9.17) is 5.73 Å². The zero-order valence-corrected chi connectivity index (χ0v) is 8.33. The predicted molar refractivity (Wildman–Crippen MR) is 55.2 cm³/mol. The predicted octanol–water partition coefficient (Wildman–Crippen LogP) is 2.58. The topological polar surface area (TPSA) is 38.9 Å². The minimum Gasteiger partial charge on any atom is -0.323 e. The van der Waals surface area contributed by atoms with Gasteiger partial charge in [-0.1, -0.05) is 5.57 Å². The van der Waals surface area contributed by atoms with Crippen molar-refractivity contribution in [1.82, 2.24) is 4.98 Å². The Kier molecular flexibility index (Phi) is 3.77. The molecule has 1 atom stereocenters. The summed E-state index contributed by atoms with van der Waals surface area (Å²) in [5.74, 6) is -0.332. The lowest BCUT2D eigenvalue weighted by atomic mass is 10.0. The highest BCUT2D eigenvalue weighted by molar-refractivity contribution is 5.11. The standard InChI is InChI=1S/C11H15FN2/c1-8(2)5-6-10(13)11-9(12)4-3-7-14-11/h3-4,7,10H,1,5-6,13H2,2H3. The summed E-state index contributed by atoms with van der Waals surface area (Å²) in [6, 6.07) is 2.60. The lowest BCUT2D eigenvalue weighted by Crippen LogP contribution is -2.13. The van der Waals surface area contributed by atoms with Gasteiger partial charge < -0.3 is 5.73 Å². The first-order valence-corrected chi connectivity index (χ1v) is 4.61. The van der Waals surface area contributed by atoms with Crippen molar-refractivity contribution in [2.24, 2.45) is 5.73 Å². The van der Waals surface area contributed by atoms with E-state index in [9.17, 15) is 4.39 Å². The summed E-state index contributed by atoms with van der Waals surface area (Å²) in [5, 5.41) is 0. The molecular weight excluding hydrogens is 179 g/mol. The van der Waals surface area contributed by atoms with Crippen molar-refractivity contribution in [3.8, 4) is 0 Å². The van der Waals surface area contributed by atoms with Crippen molar-refractivity contribution in [3.05, 3.63) is 42.0 Å². The Hall–Kier alpha value is -1.22. The van der Waals surface area contributed by atoms with Crippen molar-refractivity contribution in [2.75, 3.05) is 0 Å². The van der Waals surface area contributed by atoms with E-state index in [2.05, 4.69) is 11.6 Å². The average Bonchev–Trinajstić information content (AvgIpc) is 2.15. The lowest BCUT2D eigenvalue weighted by molar-refractivity contribution is 0.546. The van der Waals surface area contributed by atoms with Crippen LogP contribution in [-0.2, 0) is 0 Å². The van der Waals surface area contributed by atoms with Gasteiger partial charge in [-0.2, -0.15) is 0 Å². The molecule has 76 valence electrons. The molecule has 1 aromatic rings. The molecule has 14 heavy (non-hydrogen) atoms. The van der Waals surface area contributed by atoms with Crippen molar-refractivity contribution in [2.45, 2.75) is 25.8 Å². The molecule has 0 saturated heterocycles. The minimum atomic E-state index is -0.340. The summed E-state index contributed by atoms with van der Waals surface area (Å²) in [7, 11) is 0. The molecule has 1 heterocycles. The van der Waals surface area contributed by atoms with Crippen LogP contribution < -0.4 is 5.73 Å². The molecule has 2 N–H and O–H groups in total. The van der Waals surface area contributed by atoms with Crippen LogP contribution in [0, 0.1) is 5.82 Å². The molecule has 0 aliphatic rings. The monoisotopic (exact) mass is 194 g/mol. The Morgan fingerprint density at radius 2 is 2.43 bits per heavy atom. The highest BCUT2D eigenvalue weighted by Gasteiger charge is 2.11. The summed E-state index contributed by atoms with van der Waals surface area (Å²) in [6.45, 7) is 5.71. The number of pyridine rings is 1. The van der Waals surface area contributed by atoms with E-state index >= 15 is 0 Å². The van der Waals surface area contributed by atoms with Crippen LogP contribution in [-0.4, -0.2) is 4.98 Å². The Labute approximate surface area is 83.7 Å². The van der Waals surface area contributed by atoms with Crippen LogP contribution in [0.5, 0.6) is 0 Å². The normalized spacial score (nSPS) is 12.5. The molecule has 0 radical (unpaired) electrons. The highest BCUT2D eigenvalue weighted by Crippen LogP contribution is 2.18. The molecule has 3 heteroatoms. The number of rotatable bonds is 4. The zero-order chi connectivity index (χ0) is 10.6. The van der Waals surface area contributed by atoms with E-state index in [0.717, 1.165) is 12.0 Å². The number of halogens is 1. The maximum atomic E-state index is 13.2. The maximum Gasteiger partial charge on any atom is 0.146 e. The molecule has 0 aliphatic heterocycles. The van der Waals surface area contributed by atoms with Gasteiger partial charge in [-0.15, -0.1) is 6.58 Å². The van der Waals surface area contributed by atoms with E-state index in [1.165, 1.54) is 6.07 Å². The second-order valence-electron chi connectivity index (χ2n) is 3.47. The molecule has 0 spiro atoms. The van der Waals surface area contributed by atoms with E-state index in [1.807, 2.05) is 6.92 Å². The molecule has 2 nitrogen and oxygen atoms in total. The molecule has 1 aromatic heterocycles. The molecule has 1 rings (SSSR count).